The lowest BCUT2D eigenvalue weighted by molar-refractivity contribution is 0.0283. The number of methoxy groups -OCH3 is 2. The van der Waals surface area contributed by atoms with E-state index >= 15 is 0 Å². The second-order valence-electron chi connectivity index (χ2n) is 19.9. The molecule has 0 amide bonds. The van der Waals surface area contributed by atoms with Crippen LogP contribution in [0.3, 0.4) is 0 Å². The summed E-state index contributed by atoms with van der Waals surface area (Å²) in [6.07, 6.45) is 6.71. The van der Waals surface area contributed by atoms with Crippen molar-refractivity contribution in [2.24, 2.45) is 0 Å². The second-order valence-corrected chi connectivity index (χ2v) is 19.9. The first-order chi connectivity index (χ1) is 38.8. The van der Waals surface area contributed by atoms with Crippen LogP contribution >= 0.6 is 0 Å². The molecule has 0 fully saturated rings. The van der Waals surface area contributed by atoms with Crippen LogP contribution in [-0.4, -0.2) is 44.5 Å². The lowest BCUT2D eigenvalue weighted by Crippen LogP contribution is -2.37. The Bertz CT molecular complexity index is 3710. The van der Waals surface area contributed by atoms with Gasteiger partial charge in [0.1, 0.15) is 34.8 Å². The maximum Gasteiger partial charge on any atom is 0.126 e. The first kappa shape index (κ1) is 51.8. The molecule has 10 aromatic carbocycles. The van der Waals surface area contributed by atoms with E-state index in [4.69, 9.17) is 24.2 Å². The largest absolute Gasteiger partial charge is 0.497 e. The van der Waals surface area contributed by atoms with Gasteiger partial charge in [-0.1, -0.05) is 218 Å². The third-order valence-electron chi connectivity index (χ3n) is 14.8. The Balaban J connectivity index is 0.000000168. The van der Waals surface area contributed by atoms with Crippen LogP contribution in [0.2, 0.25) is 0 Å². The molecule has 0 radical (unpaired) electrons. The van der Waals surface area contributed by atoms with Crippen molar-refractivity contribution in [3.8, 4) is 11.5 Å². The van der Waals surface area contributed by atoms with Crippen molar-refractivity contribution in [3.05, 3.63) is 336 Å². The molecule has 12 aromatic rings. The average Bonchev–Trinajstić information content (AvgIpc) is 4.38. The summed E-state index contributed by atoms with van der Waals surface area (Å²) in [5.41, 5.74) is 8.78. The Morgan fingerprint density at radius 3 is 1.06 bits per heavy atom. The highest BCUT2D eigenvalue weighted by Gasteiger charge is 2.40. The highest BCUT2D eigenvalue weighted by atomic mass is 16.5. The molecule has 0 bridgehead atoms. The Kier molecular flexibility index (Phi) is 15.1. The molecule has 8 nitrogen and oxygen atoms in total. The van der Waals surface area contributed by atoms with E-state index in [2.05, 4.69) is 223 Å². The van der Waals surface area contributed by atoms with E-state index in [1.54, 1.807) is 14.2 Å². The van der Waals surface area contributed by atoms with Gasteiger partial charge in [0.25, 0.3) is 0 Å². The van der Waals surface area contributed by atoms with Gasteiger partial charge < -0.3 is 28.5 Å². The number of imidazole rings is 2. The van der Waals surface area contributed by atoms with Gasteiger partial charge in [-0.15, -0.1) is 0 Å². The molecule has 8 heteroatoms. The minimum Gasteiger partial charge on any atom is -0.497 e. The van der Waals surface area contributed by atoms with Crippen LogP contribution in [0.5, 0.6) is 11.5 Å². The van der Waals surface area contributed by atoms with Gasteiger partial charge in [-0.2, -0.15) is 0 Å². The number of hydrogen-bond donors (Lipinski definition) is 1. The molecule has 0 aliphatic carbocycles. The predicted octanol–water partition coefficient (Wildman–Crippen LogP) is 15.4. The van der Waals surface area contributed by atoms with Crippen LogP contribution < -0.4 is 9.47 Å². The number of aliphatic hydroxyl groups excluding tert-OH is 1. The molecule has 0 spiro atoms. The van der Waals surface area contributed by atoms with Crippen LogP contribution in [0.1, 0.15) is 82.0 Å². The topological polar surface area (TPSA) is 83.6 Å². The molecule has 12 rings (SSSR count). The smallest absolute Gasteiger partial charge is 0.126 e. The first-order valence-corrected chi connectivity index (χ1v) is 26.7. The van der Waals surface area contributed by atoms with E-state index in [0.29, 0.717) is 5.69 Å². The van der Waals surface area contributed by atoms with Crippen molar-refractivity contribution in [1.29, 1.82) is 0 Å². The number of ether oxygens (including phenoxy) is 3. The Hall–Kier alpha value is -9.34. The quantitative estimate of drug-likeness (QED) is 0.0971. The molecule has 2 unspecified atom stereocenters. The zero-order valence-corrected chi connectivity index (χ0v) is 44.8. The monoisotopic (exact) mass is 1030 g/mol. The van der Waals surface area contributed by atoms with Gasteiger partial charge in [-0.3, -0.25) is 0 Å². The number of benzene rings is 10. The van der Waals surface area contributed by atoms with Crippen molar-refractivity contribution in [1.82, 2.24) is 19.1 Å². The Morgan fingerprint density at radius 1 is 0.380 bits per heavy atom. The summed E-state index contributed by atoms with van der Waals surface area (Å²) < 4.78 is 21.7. The molecule has 2 aromatic heterocycles. The zero-order valence-electron chi connectivity index (χ0n) is 44.8. The summed E-state index contributed by atoms with van der Waals surface area (Å²) >= 11 is 0. The summed E-state index contributed by atoms with van der Waals surface area (Å²) in [4.78, 5) is 9.75. The fourth-order valence-electron chi connectivity index (χ4n) is 11.1. The third kappa shape index (κ3) is 10.2. The molecule has 1 N–H and O–H groups in total. The second kappa shape index (κ2) is 23.1. The van der Waals surface area contributed by atoms with E-state index < -0.39 is 17.2 Å². The SMILES string of the molecule is COc1ccc2cc(C(O)c3cn(C(c4ccccc4)(c4ccccc4)c4ccccc4)cn3)ccc2c1.COc1ccc2cc(C(OC(C)C)c3cn(C(c4ccccc4)(c4ccccc4)c4ccccc4)cn3)ccc2c1. The van der Waals surface area contributed by atoms with Crippen molar-refractivity contribution in [3.63, 3.8) is 0 Å². The van der Waals surface area contributed by atoms with Gasteiger partial charge in [-0.05, 0) is 116 Å². The fraction of sp³-hybridized carbons (Fsp3) is 0.127. The number of fused-ring (bicyclic) bond motifs is 2. The van der Waals surface area contributed by atoms with Crippen LogP contribution in [0.25, 0.3) is 21.5 Å². The summed E-state index contributed by atoms with van der Waals surface area (Å²) in [5.74, 6) is 1.65. The van der Waals surface area contributed by atoms with Gasteiger partial charge in [0.15, 0.2) is 0 Å². The Morgan fingerprint density at radius 2 is 0.696 bits per heavy atom. The van der Waals surface area contributed by atoms with Gasteiger partial charge in [0.05, 0.1) is 44.4 Å². The number of hydrogen-bond acceptors (Lipinski definition) is 6. The number of rotatable bonds is 16. The van der Waals surface area contributed by atoms with Crippen molar-refractivity contribution >= 4 is 21.5 Å². The van der Waals surface area contributed by atoms with Gasteiger partial charge >= 0.3 is 0 Å². The fourth-order valence-corrected chi connectivity index (χ4v) is 11.1. The normalized spacial score (nSPS) is 12.4. The molecule has 79 heavy (non-hydrogen) atoms. The number of aromatic nitrogens is 4. The molecule has 390 valence electrons. The van der Waals surface area contributed by atoms with Crippen molar-refractivity contribution in [2.75, 3.05) is 14.2 Å². The first-order valence-electron chi connectivity index (χ1n) is 26.7. The van der Waals surface area contributed by atoms with Crippen LogP contribution in [0.15, 0.2) is 280 Å². The number of nitrogens with zero attached hydrogens (tertiary/aromatic N) is 4. The third-order valence-corrected chi connectivity index (χ3v) is 14.8. The van der Waals surface area contributed by atoms with Crippen LogP contribution in [-0.2, 0) is 15.8 Å². The summed E-state index contributed by atoms with van der Waals surface area (Å²) in [5, 5.41) is 15.8. The predicted molar refractivity (Wildman–Crippen MR) is 317 cm³/mol. The van der Waals surface area contributed by atoms with E-state index in [9.17, 15) is 5.11 Å². The average molecular weight is 1040 g/mol. The van der Waals surface area contributed by atoms with E-state index in [0.717, 1.165) is 83.2 Å². The molecule has 0 saturated carbocycles. The maximum atomic E-state index is 11.4. The van der Waals surface area contributed by atoms with E-state index in [1.807, 2.05) is 79.5 Å². The summed E-state index contributed by atoms with van der Waals surface area (Å²) in [7, 11) is 3.36. The van der Waals surface area contributed by atoms with Gasteiger partial charge in [0, 0.05) is 12.4 Å². The highest BCUT2D eigenvalue weighted by Crippen LogP contribution is 2.44. The van der Waals surface area contributed by atoms with E-state index in [1.165, 1.54) is 0 Å². The number of aliphatic hydroxyl groups is 1. The summed E-state index contributed by atoms with van der Waals surface area (Å²) in [6.45, 7) is 4.14. The lowest BCUT2D eigenvalue weighted by Gasteiger charge is -2.37. The summed E-state index contributed by atoms with van der Waals surface area (Å²) in [6, 6.07) is 87.8. The molecule has 2 atom stereocenters. The minimum atomic E-state index is -0.872. The maximum absolute atomic E-state index is 11.4. The van der Waals surface area contributed by atoms with Crippen molar-refractivity contribution < 1.29 is 19.3 Å². The van der Waals surface area contributed by atoms with Crippen LogP contribution in [0, 0.1) is 0 Å². The molecule has 0 aliphatic rings. The van der Waals surface area contributed by atoms with Crippen molar-refractivity contribution in [2.45, 2.75) is 43.2 Å². The zero-order chi connectivity index (χ0) is 54.2. The molecule has 2 heterocycles. The van der Waals surface area contributed by atoms with Crippen LogP contribution in [0.4, 0.5) is 0 Å². The molecular weight excluding hydrogens is 973 g/mol. The van der Waals surface area contributed by atoms with E-state index in [-0.39, 0.29) is 12.2 Å². The standard InChI is InChI=1S/C37H34N2O2.C34H28N2O2/c1-27(2)41-36(30-20-19-29-24-34(40-3)22-21-28(29)23-30)35-25-39(26-38-35)37(31-13-7-4-8-14-31,32-15-9-5-10-16-32)33-17-11-6-12-18-33;1-38-31-20-19-25-21-27(18-17-26(25)22-31)33(37)32-23-36(24-35-32)34(28-11-5-2-6-12-28,29-13-7-3-8-14-29)30-15-9-4-10-16-30/h4-27,36H,1-3H3;2-24,33,37H,1H3. The minimum absolute atomic E-state index is 0.0128. The van der Waals surface area contributed by atoms with Gasteiger partial charge in [-0.25, -0.2) is 9.97 Å². The molecular formula is C71H62N4O4. The molecule has 0 aliphatic heterocycles. The van der Waals surface area contributed by atoms with Gasteiger partial charge in [0.2, 0.25) is 0 Å². The molecule has 0 saturated heterocycles. The Labute approximate surface area is 462 Å². The lowest BCUT2D eigenvalue weighted by atomic mass is 9.77. The highest BCUT2D eigenvalue weighted by molar-refractivity contribution is 5.85.